The first-order valence-corrected chi connectivity index (χ1v) is 6.48. The maximum Gasteiger partial charge on any atom is 0.00321 e. The lowest BCUT2D eigenvalue weighted by atomic mass is 9.65. The molecule has 1 nitrogen and oxygen atoms in total. The third-order valence-corrected chi connectivity index (χ3v) is 3.47. The Bertz CT molecular complexity index is 182. The van der Waals surface area contributed by atoms with Crippen molar-refractivity contribution in [3.05, 3.63) is 0 Å². The van der Waals surface area contributed by atoms with Crippen LogP contribution in [-0.4, -0.2) is 25.5 Å². The van der Waals surface area contributed by atoms with E-state index in [0.717, 1.165) is 0 Å². The lowest BCUT2D eigenvalue weighted by Gasteiger charge is -2.43. The Morgan fingerprint density at radius 1 is 1.00 bits per heavy atom. The number of rotatable bonds is 3. The van der Waals surface area contributed by atoms with Gasteiger partial charge in [-0.15, -0.1) is 0 Å². The maximum absolute atomic E-state index is 2.39. The first-order chi connectivity index (χ1) is 6.83. The molecule has 0 N–H and O–H groups in total. The average Bonchev–Trinajstić information content (AvgIpc) is 1.99. The predicted molar refractivity (Wildman–Crippen MR) is 68.1 cm³/mol. The van der Waals surface area contributed by atoms with Gasteiger partial charge in [-0.05, 0) is 44.2 Å². The van der Waals surface area contributed by atoms with E-state index < -0.39 is 0 Å². The van der Waals surface area contributed by atoms with Gasteiger partial charge in [0, 0.05) is 6.54 Å². The third kappa shape index (κ3) is 4.55. The Kier molecular flexibility index (Phi) is 4.22. The number of hydrogen-bond donors (Lipinski definition) is 0. The van der Waals surface area contributed by atoms with Gasteiger partial charge < -0.3 is 4.90 Å². The van der Waals surface area contributed by atoms with Crippen LogP contribution in [0.15, 0.2) is 0 Å². The standard InChI is InChI=1S/C14H29N/c1-13(2,3)11-14(12-15(4)5)9-7-6-8-10-14/h6-12H2,1-5H3. The normalized spacial score (nSPS) is 22.0. The summed E-state index contributed by atoms with van der Waals surface area (Å²) in [5.41, 5.74) is 1.09. The molecular formula is C14H29N. The summed E-state index contributed by atoms with van der Waals surface area (Å²) in [5.74, 6) is 0. The maximum atomic E-state index is 2.39. The van der Waals surface area contributed by atoms with Gasteiger partial charge in [-0.1, -0.05) is 40.0 Å². The van der Waals surface area contributed by atoms with Crippen molar-refractivity contribution in [3.63, 3.8) is 0 Å². The summed E-state index contributed by atoms with van der Waals surface area (Å²) in [6.07, 6.45) is 8.64. The van der Waals surface area contributed by atoms with Gasteiger partial charge in [0.15, 0.2) is 0 Å². The van der Waals surface area contributed by atoms with Crippen LogP contribution in [0.3, 0.4) is 0 Å². The smallest absolute Gasteiger partial charge is 0.00321 e. The number of hydrogen-bond acceptors (Lipinski definition) is 1. The first-order valence-electron chi connectivity index (χ1n) is 6.48. The van der Waals surface area contributed by atoms with Gasteiger partial charge in [0.05, 0.1) is 0 Å². The van der Waals surface area contributed by atoms with Gasteiger partial charge in [-0.25, -0.2) is 0 Å². The molecule has 0 aromatic carbocycles. The molecule has 1 aliphatic carbocycles. The van der Waals surface area contributed by atoms with E-state index in [2.05, 4.69) is 39.8 Å². The van der Waals surface area contributed by atoms with Crippen LogP contribution in [0, 0.1) is 10.8 Å². The van der Waals surface area contributed by atoms with E-state index in [0.29, 0.717) is 10.8 Å². The minimum atomic E-state index is 0.480. The summed E-state index contributed by atoms with van der Waals surface area (Å²) in [4.78, 5) is 2.39. The minimum Gasteiger partial charge on any atom is -0.309 e. The van der Waals surface area contributed by atoms with Crippen molar-refractivity contribution in [3.8, 4) is 0 Å². The zero-order valence-corrected chi connectivity index (χ0v) is 11.4. The summed E-state index contributed by atoms with van der Waals surface area (Å²) in [7, 11) is 4.44. The first kappa shape index (κ1) is 13.0. The van der Waals surface area contributed by atoms with Crippen LogP contribution >= 0.6 is 0 Å². The highest BCUT2D eigenvalue weighted by molar-refractivity contribution is 4.88. The van der Waals surface area contributed by atoms with Crippen LogP contribution in [0.5, 0.6) is 0 Å². The summed E-state index contributed by atoms with van der Waals surface area (Å²) < 4.78 is 0. The zero-order valence-electron chi connectivity index (χ0n) is 11.4. The van der Waals surface area contributed by atoms with Crippen molar-refractivity contribution in [2.75, 3.05) is 20.6 Å². The van der Waals surface area contributed by atoms with Gasteiger partial charge in [0.2, 0.25) is 0 Å². The Morgan fingerprint density at radius 2 is 1.53 bits per heavy atom. The molecule has 1 rings (SSSR count). The molecule has 1 fully saturated rings. The lowest BCUT2D eigenvalue weighted by Crippen LogP contribution is -2.38. The largest absolute Gasteiger partial charge is 0.309 e. The van der Waals surface area contributed by atoms with Crippen molar-refractivity contribution in [2.45, 2.75) is 59.3 Å². The summed E-state index contributed by atoms with van der Waals surface area (Å²) in [5, 5.41) is 0. The van der Waals surface area contributed by atoms with Gasteiger partial charge in [-0.3, -0.25) is 0 Å². The molecule has 0 amide bonds. The van der Waals surface area contributed by atoms with Crippen molar-refractivity contribution in [1.82, 2.24) is 4.90 Å². The molecule has 0 heterocycles. The van der Waals surface area contributed by atoms with Crippen LogP contribution in [0.4, 0.5) is 0 Å². The fourth-order valence-corrected chi connectivity index (χ4v) is 3.49. The quantitative estimate of drug-likeness (QED) is 0.683. The molecule has 0 atom stereocenters. The Labute approximate surface area is 96.2 Å². The zero-order chi connectivity index (χ0) is 11.5. The fraction of sp³-hybridized carbons (Fsp3) is 1.00. The highest BCUT2D eigenvalue weighted by atomic mass is 15.1. The molecule has 1 aliphatic rings. The summed E-state index contributed by atoms with van der Waals surface area (Å²) >= 11 is 0. The van der Waals surface area contributed by atoms with E-state index >= 15 is 0 Å². The lowest BCUT2D eigenvalue weighted by molar-refractivity contribution is 0.0791. The highest BCUT2D eigenvalue weighted by Gasteiger charge is 2.35. The van der Waals surface area contributed by atoms with Crippen LogP contribution in [0.2, 0.25) is 0 Å². The van der Waals surface area contributed by atoms with Crippen molar-refractivity contribution in [1.29, 1.82) is 0 Å². The van der Waals surface area contributed by atoms with Crippen LogP contribution in [0.1, 0.15) is 59.3 Å². The molecule has 0 aromatic rings. The Hall–Kier alpha value is -0.0400. The van der Waals surface area contributed by atoms with E-state index in [1.165, 1.54) is 45.1 Å². The topological polar surface area (TPSA) is 3.24 Å². The minimum absolute atomic E-state index is 0.480. The molecule has 15 heavy (non-hydrogen) atoms. The second-order valence-electron chi connectivity index (χ2n) is 7.04. The van der Waals surface area contributed by atoms with Crippen molar-refractivity contribution >= 4 is 0 Å². The van der Waals surface area contributed by atoms with Crippen LogP contribution < -0.4 is 0 Å². The second-order valence-corrected chi connectivity index (χ2v) is 7.04. The molecule has 0 radical (unpaired) electrons. The SMILES string of the molecule is CN(C)CC1(CC(C)(C)C)CCCCC1. The molecule has 1 saturated carbocycles. The molecule has 90 valence electrons. The Balaban J connectivity index is 2.66. The van der Waals surface area contributed by atoms with E-state index in [4.69, 9.17) is 0 Å². The molecule has 0 spiro atoms. The third-order valence-electron chi connectivity index (χ3n) is 3.47. The van der Waals surface area contributed by atoms with E-state index in [1.54, 1.807) is 0 Å². The second kappa shape index (κ2) is 4.86. The predicted octanol–water partition coefficient (Wildman–Crippen LogP) is 3.93. The molecule has 1 heteroatoms. The molecule has 0 aromatic heterocycles. The molecule has 0 unspecified atom stereocenters. The summed E-state index contributed by atoms with van der Waals surface area (Å²) in [6.45, 7) is 8.45. The van der Waals surface area contributed by atoms with E-state index in [1.807, 2.05) is 0 Å². The van der Waals surface area contributed by atoms with Gasteiger partial charge in [-0.2, -0.15) is 0 Å². The van der Waals surface area contributed by atoms with E-state index in [-0.39, 0.29) is 0 Å². The fourth-order valence-electron chi connectivity index (χ4n) is 3.49. The van der Waals surface area contributed by atoms with Crippen molar-refractivity contribution in [2.24, 2.45) is 10.8 Å². The average molecular weight is 211 g/mol. The monoisotopic (exact) mass is 211 g/mol. The van der Waals surface area contributed by atoms with Gasteiger partial charge >= 0.3 is 0 Å². The van der Waals surface area contributed by atoms with Crippen LogP contribution in [0.25, 0.3) is 0 Å². The summed E-state index contributed by atoms with van der Waals surface area (Å²) in [6, 6.07) is 0. The van der Waals surface area contributed by atoms with Gasteiger partial charge in [0.25, 0.3) is 0 Å². The molecule has 0 aliphatic heterocycles. The molecular weight excluding hydrogens is 182 g/mol. The van der Waals surface area contributed by atoms with Crippen LogP contribution in [-0.2, 0) is 0 Å². The number of nitrogens with zero attached hydrogens (tertiary/aromatic N) is 1. The molecule has 0 saturated heterocycles. The van der Waals surface area contributed by atoms with Crippen molar-refractivity contribution < 1.29 is 0 Å². The highest BCUT2D eigenvalue weighted by Crippen LogP contribution is 2.45. The molecule has 0 bridgehead atoms. The Morgan fingerprint density at radius 3 is 1.93 bits per heavy atom. The van der Waals surface area contributed by atoms with E-state index in [9.17, 15) is 0 Å². The van der Waals surface area contributed by atoms with Gasteiger partial charge in [0.1, 0.15) is 0 Å².